The standard InChI is InChI=1S/C8H10N2O3/c1-13-7-4-2-6(3-5-7)9-10-8(11)12/h2-5,9-10H,1H3,(H,11,12)/p-1. The molecule has 1 amide bonds. The maximum absolute atomic E-state index is 9.99. The van der Waals surface area contributed by atoms with Crippen molar-refractivity contribution in [3.8, 4) is 5.75 Å². The summed E-state index contributed by atoms with van der Waals surface area (Å²) in [5.74, 6) is 0.707. The molecule has 0 aliphatic rings. The predicted octanol–water partition coefficient (Wildman–Crippen LogP) is -0.0450. The fraction of sp³-hybridized carbons (Fsp3) is 0.125. The van der Waals surface area contributed by atoms with Gasteiger partial charge in [-0.2, -0.15) is 0 Å². The number of hydrogen-bond acceptors (Lipinski definition) is 4. The molecule has 5 nitrogen and oxygen atoms in total. The molecule has 0 bridgehead atoms. The summed E-state index contributed by atoms with van der Waals surface area (Å²) in [5, 5.41) is 9.99. The lowest BCUT2D eigenvalue weighted by atomic mass is 10.3. The van der Waals surface area contributed by atoms with Gasteiger partial charge < -0.3 is 14.6 Å². The Balaban J connectivity index is 2.54. The molecule has 0 atom stereocenters. The van der Waals surface area contributed by atoms with E-state index in [4.69, 9.17) is 4.74 Å². The first-order valence-electron chi connectivity index (χ1n) is 3.59. The molecule has 0 unspecified atom stereocenters. The van der Waals surface area contributed by atoms with Crippen LogP contribution in [0.2, 0.25) is 0 Å². The Morgan fingerprint density at radius 2 is 2.00 bits per heavy atom. The van der Waals surface area contributed by atoms with Crippen LogP contribution in [0.3, 0.4) is 0 Å². The zero-order chi connectivity index (χ0) is 9.68. The number of carbonyl (C=O) groups excluding carboxylic acids is 1. The number of anilines is 1. The maximum Gasteiger partial charge on any atom is 0.153 e. The van der Waals surface area contributed by atoms with Gasteiger partial charge in [0.15, 0.2) is 6.09 Å². The number of amides is 1. The summed E-state index contributed by atoms with van der Waals surface area (Å²) in [6, 6.07) is 6.77. The van der Waals surface area contributed by atoms with Crippen molar-refractivity contribution < 1.29 is 14.6 Å². The third kappa shape index (κ3) is 2.90. The van der Waals surface area contributed by atoms with Crippen molar-refractivity contribution in [2.24, 2.45) is 0 Å². The number of hydrogen-bond donors (Lipinski definition) is 2. The Bertz CT molecular complexity index is 284. The second-order valence-electron chi connectivity index (χ2n) is 2.27. The highest BCUT2D eigenvalue weighted by molar-refractivity contribution is 5.64. The first-order valence-corrected chi connectivity index (χ1v) is 3.59. The van der Waals surface area contributed by atoms with Crippen LogP contribution in [0.4, 0.5) is 10.5 Å². The highest BCUT2D eigenvalue weighted by atomic mass is 16.5. The molecule has 5 heteroatoms. The lowest BCUT2D eigenvalue weighted by Crippen LogP contribution is -2.40. The van der Waals surface area contributed by atoms with Gasteiger partial charge in [-0.1, -0.05) is 0 Å². The minimum atomic E-state index is -1.38. The van der Waals surface area contributed by atoms with Crippen molar-refractivity contribution >= 4 is 11.8 Å². The van der Waals surface area contributed by atoms with Crippen molar-refractivity contribution in [3.05, 3.63) is 24.3 Å². The smallest absolute Gasteiger partial charge is 0.153 e. The second kappa shape index (κ2) is 4.20. The van der Waals surface area contributed by atoms with E-state index in [0.717, 1.165) is 0 Å². The van der Waals surface area contributed by atoms with E-state index in [1.807, 2.05) is 5.43 Å². The van der Waals surface area contributed by atoms with Gasteiger partial charge in [0.2, 0.25) is 0 Å². The minimum absolute atomic E-state index is 0.616. The lowest BCUT2D eigenvalue weighted by Gasteiger charge is -2.09. The average Bonchev–Trinajstić information content (AvgIpc) is 2.15. The van der Waals surface area contributed by atoms with Crippen molar-refractivity contribution in [2.75, 3.05) is 12.5 Å². The number of hydrazine groups is 1. The monoisotopic (exact) mass is 181 g/mol. The summed E-state index contributed by atoms with van der Waals surface area (Å²) in [6.07, 6.45) is -1.38. The van der Waals surface area contributed by atoms with Crippen molar-refractivity contribution in [2.45, 2.75) is 0 Å². The molecule has 13 heavy (non-hydrogen) atoms. The molecule has 0 saturated carbocycles. The van der Waals surface area contributed by atoms with Gasteiger partial charge in [0.25, 0.3) is 0 Å². The normalized spacial score (nSPS) is 9.00. The summed E-state index contributed by atoms with van der Waals surface area (Å²) in [7, 11) is 1.56. The van der Waals surface area contributed by atoms with E-state index < -0.39 is 6.09 Å². The summed E-state index contributed by atoms with van der Waals surface area (Å²) in [5.41, 5.74) is 4.96. The molecular formula is C8H9N2O3-. The average molecular weight is 181 g/mol. The largest absolute Gasteiger partial charge is 0.529 e. The van der Waals surface area contributed by atoms with Crippen LogP contribution in [-0.2, 0) is 0 Å². The molecule has 1 aromatic rings. The molecule has 70 valence electrons. The number of benzene rings is 1. The van der Waals surface area contributed by atoms with E-state index in [2.05, 4.69) is 5.43 Å². The number of nitrogens with one attached hydrogen (secondary N) is 2. The third-order valence-corrected chi connectivity index (χ3v) is 1.40. The number of rotatable bonds is 3. The SMILES string of the molecule is COc1ccc(NNC(=O)[O-])cc1. The van der Waals surface area contributed by atoms with Gasteiger partial charge >= 0.3 is 0 Å². The quantitative estimate of drug-likeness (QED) is 0.641. The molecule has 0 radical (unpaired) electrons. The van der Waals surface area contributed by atoms with E-state index in [0.29, 0.717) is 11.4 Å². The van der Waals surface area contributed by atoms with E-state index in [-0.39, 0.29) is 0 Å². The molecule has 0 aromatic heterocycles. The Morgan fingerprint density at radius 1 is 1.38 bits per heavy atom. The van der Waals surface area contributed by atoms with Crippen LogP contribution in [0.15, 0.2) is 24.3 Å². The number of ether oxygens (including phenoxy) is 1. The summed E-state index contributed by atoms with van der Waals surface area (Å²) in [4.78, 5) is 9.99. The van der Waals surface area contributed by atoms with Gasteiger partial charge in [-0.05, 0) is 24.3 Å². The first-order chi connectivity index (χ1) is 6.22. The van der Waals surface area contributed by atoms with Crippen LogP contribution >= 0.6 is 0 Å². The van der Waals surface area contributed by atoms with E-state index in [1.165, 1.54) is 0 Å². The highest BCUT2D eigenvalue weighted by Gasteiger charge is 1.91. The number of carbonyl (C=O) groups is 1. The molecule has 0 fully saturated rings. The van der Waals surface area contributed by atoms with Crippen molar-refractivity contribution in [3.63, 3.8) is 0 Å². The van der Waals surface area contributed by atoms with Crippen molar-refractivity contribution in [1.82, 2.24) is 5.43 Å². The number of methoxy groups -OCH3 is 1. The van der Waals surface area contributed by atoms with Crippen LogP contribution < -0.4 is 20.7 Å². The van der Waals surface area contributed by atoms with Gasteiger partial charge in [0.05, 0.1) is 12.8 Å². The predicted molar refractivity (Wildman–Crippen MR) is 45.1 cm³/mol. The van der Waals surface area contributed by atoms with Gasteiger partial charge in [-0.3, -0.25) is 10.9 Å². The Kier molecular flexibility index (Phi) is 2.97. The molecule has 0 heterocycles. The van der Waals surface area contributed by atoms with E-state index >= 15 is 0 Å². The zero-order valence-corrected chi connectivity index (χ0v) is 7.03. The van der Waals surface area contributed by atoms with Crippen LogP contribution in [0.1, 0.15) is 0 Å². The first kappa shape index (κ1) is 9.18. The van der Waals surface area contributed by atoms with E-state index in [1.54, 1.807) is 31.4 Å². The minimum Gasteiger partial charge on any atom is -0.529 e. The topological polar surface area (TPSA) is 73.4 Å². The molecule has 1 rings (SSSR count). The van der Waals surface area contributed by atoms with Gasteiger partial charge in [0, 0.05) is 0 Å². The molecule has 2 N–H and O–H groups in total. The van der Waals surface area contributed by atoms with Gasteiger partial charge in [-0.25, -0.2) is 0 Å². The van der Waals surface area contributed by atoms with Crippen LogP contribution in [0.5, 0.6) is 5.75 Å². The second-order valence-corrected chi connectivity index (χ2v) is 2.27. The van der Waals surface area contributed by atoms with Crippen LogP contribution in [0.25, 0.3) is 0 Å². The Labute approximate surface area is 75.3 Å². The highest BCUT2D eigenvalue weighted by Crippen LogP contribution is 2.13. The molecule has 0 spiro atoms. The fourth-order valence-electron chi connectivity index (χ4n) is 0.798. The molecular weight excluding hydrogens is 172 g/mol. The molecule has 0 aliphatic carbocycles. The summed E-state index contributed by atoms with van der Waals surface area (Å²) >= 11 is 0. The lowest BCUT2D eigenvalue weighted by molar-refractivity contribution is -0.250. The van der Waals surface area contributed by atoms with Crippen LogP contribution in [-0.4, -0.2) is 13.2 Å². The summed E-state index contributed by atoms with van der Waals surface area (Å²) < 4.78 is 4.92. The summed E-state index contributed by atoms with van der Waals surface area (Å²) in [6.45, 7) is 0. The molecule has 1 aromatic carbocycles. The zero-order valence-electron chi connectivity index (χ0n) is 7.03. The number of carboxylic acid groups (broad SMARTS) is 1. The van der Waals surface area contributed by atoms with E-state index in [9.17, 15) is 9.90 Å². The van der Waals surface area contributed by atoms with Gasteiger partial charge in [-0.15, -0.1) is 0 Å². The third-order valence-electron chi connectivity index (χ3n) is 1.40. The van der Waals surface area contributed by atoms with Gasteiger partial charge in [0.1, 0.15) is 5.75 Å². The Morgan fingerprint density at radius 3 is 2.46 bits per heavy atom. The van der Waals surface area contributed by atoms with Crippen LogP contribution in [0, 0.1) is 0 Å². The fourth-order valence-corrected chi connectivity index (χ4v) is 0.798. The van der Waals surface area contributed by atoms with Crippen molar-refractivity contribution in [1.29, 1.82) is 0 Å². The molecule has 0 aliphatic heterocycles. The molecule has 0 saturated heterocycles. The Hall–Kier alpha value is -1.91. The maximum atomic E-state index is 9.99.